The van der Waals surface area contributed by atoms with E-state index in [4.69, 9.17) is 11.6 Å². The number of nitrogens with two attached hydrogens (primary N) is 2. The van der Waals surface area contributed by atoms with Crippen LogP contribution in [0.5, 0.6) is 0 Å². The zero-order valence-electron chi connectivity index (χ0n) is 7.66. The Morgan fingerprint density at radius 2 is 2.38 bits per heavy atom. The first-order valence-corrected chi connectivity index (χ1v) is 5.53. The molecule has 0 saturated carbocycles. The molecule has 1 saturated heterocycles. The summed E-state index contributed by atoms with van der Waals surface area (Å²) in [5.41, 5.74) is 6.84. The van der Waals surface area contributed by atoms with Gasteiger partial charge in [0.25, 0.3) is 0 Å². The average molecular weight is 198 g/mol. The van der Waals surface area contributed by atoms with Crippen molar-refractivity contribution in [3.63, 3.8) is 0 Å². The number of hydrogen-bond acceptors (Lipinski definition) is 4. The van der Waals surface area contributed by atoms with Crippen molar-refractivity contribution >= 4 is 17.6 Å². The summed E-state index contributed by atoms with van der Waals surface area (Å²) in [5, 5.41) is 0. The van der Waals surface area contributed by atoms with Crippen LogP contribution < -0.4 is 11.6 Å². The van der Waals surface area contributed by atoms with Gasteiger partial charge in [0.05, 0.1) is 5.69 Å². The molecule has 0 amide bonds. The van der Waals surface area contributed by atoms with Crippen molar-refractivity contribution in [2.24, 2.45) is 0 Å². The van der Waals surface area contributed by atoms with Gasteiger partial charge in [-0.15, -0.1) is 0 Å². The third-order valence-corrected chi connectivity index (χ3v) is 3.63. The lowest BCUT2D eigenvalue weighted by atomic mass is 10.1. The number of nitrogen functional groups attached to an aromatic ring is 2. The Hall–Kier alpha value is -0.840. The van der Waals surface area contributed by atoms with Crippen LogP contribution >= 0.6 is 11.8 Å². The maximum Gasteiger partial charge on any atom is 0.146 e. The third-order valence-electron chi connectivity index (χ3n) is 2.47. The maximum absolute atomic E-state index is 5.85. The molecule has 0 radical (unpaired) electrons. The van der Waals surface area contributed by atoms with E-state index in [1.165, 1.54) is 16.8 Å². The molecular formula is C8H14N4S. The van der Waals surface area contributed by atoms with Gasteiger partial charge in [0.2, 0.25) is 0 Å². The second-order valence-corrected chi connectivity index (χ2v) is 4.51. The van der Waals surface area contributed by atoms with Gasteiger partial charge >= 0.3 is 0 Å². The van der Waals surface area contributed by atoms with Crippen LogP contribution in [0.3, 0.4) is 0 Å². The van der Waals surface area contributed by atoms with E-state index in [2.05, 4.69) is 4.98 Å². The van der Waals surface area contributed by atoms with Crippen LogP contribution in [0.1, 0.15) is 23.9 Å². The Balaban J connectivity index is 2.34. The highest BCUT2D eigenvalue weighted by molar-refractivity contribution is 7.99. The number of aryl methyl sites for hydroxylation is 1. The Morgan fingerprint density at radius 1 is 1.62 bits per heavy atom. The van der Waals surface area contributed by atoms with E-state index in [0.29, 0.717) is 11.7 Å². The molecule has 2 rings (SSSR count). The molecule has 0 aromatic carbocycles. The molecule has 5 heteroatoms. The van der Waals surface area contributed by atoms with Gasteiger partial charge in [0, 0.05) is 11.7 Å². The fourth-order valence-electron chi connectivity index (χ4n) is 1.63. The van der Waals surface area contributed by atoms with Crippen LogP contribution in [0.2, 0.25) is 0 Å². The van der Waals surface area contributed by atoms with Crippen LogP contribution in [0.25, 0.3) is 0 Å². The molecule has 0 bridgehead atoms. The minimum atomic E-state index is 0.508. The fourth-order valence-corrected chi connectivity index (χ4v) is 2.86. The number of anilines is 1. The van der Waals surface area contributed by atoms with Crippen molar-refractivity contribution in [2.75, 3.05) is 23.1 Å². The molecule has 4 nitrogen and oxygen atoms in total. The molecule has 1 aromatic heterocycles. The number of rotatable bonds is 1. The number of aromatic nitrogens is 2. The minimum Gasteiger partial charge on any atom is -0.382 e. The van der Waals surface area contributed by atoms with Gasteiger partial charge in [0.1, 0.15) is 11.6 Å². The quantitative estimate of drug-likeness (QED) is 0.652. The largest absolute Gasteiger partial charge is 0.382 e. The van der Waals surface area contributed by atoms with Crippen molar-refractivity contribution in [3.05, 3.63) is 11.5 Å². The second kappa shape index (κ2) is 3.14. The summed E-state index contributed by atoms with van der Waals surface area (Å²) in [6.07, 6.45) is 1.17. The van der Waals surface area contributed by atoms with Crippen LogP contribution in [0.4, 0.5) is 5.82 Å². The van der Waals surface area contributed by atoms with Crippen molar-refractivity contribution in [1.82, 2.24) is 9.66 Å². The zero-order chi connectivity index (χ0) is 9.42. The Bertz CT molecular complexity index is 314. The summed E-state index contributed by atoms with van der Waals surface area (Å²) >= 11 is 1.96. The molecule has 0 aliphatic carbocycles. The van der Waals surface area contributed by atoms with Crippen LogP contribution in [0, 0.1) is 6.92 Å². The summed E-state index contributed by atoms with van der Waals surface area (Å²) in [6.45, 7) is 1.88. The lowest BCUT2D eigenvalue weighted by molar-refractivity contribution is 0.758. The molecule has 1 aliphatic heterocycles. The van der Waals surface area contributed by atoms with E-state index in [0.717, 1.165) is 17.3 Å². The fraction of sp³-hybridized carbons (Fsp3) is 0.625. The Kier molecular flexibility index (Phi) is 2.11. The van der Waals surface area contributed by atoms with Gasteiger partial charge in [-0.3, -0.25) is 0 Å². The Morgan fingerprint density at radius 3 is 2.85 bits per heavy atom. The third kappa shape index (κ3) is 1.37. The minimum absolute atomic E-state index is 0.508. The molecule has 1 unspecified atom stereocenters. The summed E-state index contributed by atoms with van der Waals surface area (Å²) in [4.78, 5) is 4.39. The average Bonchev–Trinajstić information content (AvgIpc) is 2.70. The normalized spacial score (nSPS) is 22.4. The lowest BCUT2D eigenvalue weighted by Gasteiger charge is -2.05. The highest BCUT2D eigenvalue weighted by atomic mass is 32.2. The van der Waals surface area contributed by atoms with Crippen LogP contribution in [-0.4, -0.2) is 21.2 Å². The van der Waals surface area contributed by atoms with E-state index < -0.39 is 0 Å². The lowest BCUT2D eigenvalue weighted by Crippen LogP contribution is -2.14. The maximum atomic E-state index is 5.85. The monoisotopic (exact) mass is 198 g/mol. The van der Waals surface area contributed by atoms with Gasteiger partial charge in [-0.2, -0.15) is 11.8 Å². The smallest absolute Gasteiger partial charge is 0.146 e. The van der Waals surface area contributed by atoms with E-state index >= 15 is 0 Å². The first kappa shape index (κ1) is 8.74. The van der Waals surface area contributed by atoms with E-state index in [9.17, 15) is 0 Å². The first-order valence-electron chi connectivity index (χ1n) is 4.37. The summed E-state index contributed by atoms with van der Waals surface area (Å²) in [7, 11) is 0. The predicted octanol–water partition coefficient (Wildman–Crippen LogP) is 0.708. The number of imidazole rings is 1. The van der Waals surface area contributed by atoms with E-state index in [1.807, 2.05) is 18.7 Å². The van der Waals surface area contributed by atoms with Crippen molar-refractivity contribution in [1.29, 1.82) is 0 Å². The molecule has 4 N–H and O–H groups in total. The summed E-state index contributed by atoms with van der Waals surface area (Å²) in [5.74, 6) is 9.96. The van der Waals surface area contributed by atoms with Gasteiger partial charge < -0.3 is 11.6 Å². The second-order valence-electron chi connectivity index (χ2n) is 3.36. The molecule has 1 aliphatic rings. The van der Waals surface area contributed by atoms with Gasteiger partial charge in [-0.1, -0.05) is 0 Å². The summed E-state index contributed by atoms with van der Waals surface area (Å²) in [6, 6.07) is 0. The summed E-state index contributed by atoms with van der Waals surface area (Å²) < 4.78 is 1.47. The van der Waals surface area contributed by atoms with E-state index in [1.54, 1.807) is 0 Å². The van der Waals surface area contributed by atoms with E-state index in [-0.39, 0.29) is 0 Å². The van der Waals surface area contributed by atoms with Crippen LogP contribution in [0.15, 0.2) is 0 Å². The number of nitrogens with zero attached hydrogens (tertiary/aromatic N) is 2. The molecule has 13 heavy (non-hydrogen) atoms. The molecule has 1 aromatic rings. The van der Waals surface area contributed by atoms with Gasteiger partial charge in [-0.25, -0.2) is 9.66 Å². The topological polar surface area (TPSA) is 69.9 Å². The molecule has 0 spiro atoms. The molecule has 2 heterocycles. The highest BCUT2D eigenvalue weighted by Gasteiger charge is 2.23. The molecule has 1 atom stereocenters. The zero-order valence-corrected chi connectivity index (χ0v) is 8.47. The standard InChI is InChI=1S/C8H14N4S/c1-5-11-7(8(9)12(5)10)6-2-3-13-4-6/h6H,2-4,9-10H2,1H3. The number of hydrogen-bond donors (Lipinski definition) is 2. The van der Waals surface area contributed by atoms with Crippen molar-refractivity contribution in [2.45, 2.75) is 19.3 Å². The van der Waals surface area contributed by atoms with Gasteiger partial charge in [-0.05, 0) is 19.1 Å². The highest BCUT2D eigenvalue weighted by Crippen LogP contribution is 2.34. The predicted molar refractivity (Wildman–Crippen MR) is 56.2 cm³/mol. The van der Waals surface area contributed by atoms with Gasteiger partial charge in [0.15, 0.2) is 0 Å². The van der Waals surface area contributed by atoms with Crippen molar-refractivity contribution in [3.8, 4) is 0 Å². The molecule has 1 fully saturated rings. The SMILES string of the molecule is Cc1nc(C2CCSC2)c(N)n1N. The van der Waals surface area contributed by atoms with Crippen molar-refractivity contribution < 1.29 is 0 Å². The molecule has 72 valence electrons. The van der Waals surface area contributed by atoms with Crippen LogP contribution in [-0.2, 0) is 0 Å². The number of thioether (sulfide) groups is 1. The molecular weight excluding hydrogens is 184 g/mol. The first-order chi connectivity index (χ1) is 6.20. The Labute approximate surface area is 81.7 Å².